The molecule has 1 aliphatic heterocycles. The molecule has 0 bridgehead atoms. The van der Waals surface area contributed by atoms with Crippen LogP contribution in [-0.4, -0.2) is 24.3 Å². The van der Waals surface area contributed by atoms with E-state index in [-0.39, 0.29) is 12.0 Å². The van der Waals surface area contributed by atoms with Crippen molar-refractivity contribution < 1.29 is 9.53 Å². The smallest absolute Gasteiger partial charge is 0.307 e. The molecule has 0 amide bonds. The zero-order valence-corrected chi connectivity index (χ0v) is 9.96. The van der Waals surface area contributed by atoms with E-state index in [4.69, 9.17) is 4.74 Å². The fourth-order valence-corrected chi connectivity index (χ4v) is 1.88. The van der Waals surface area contributed by atoms with Gasteiger partial charge in [0.2, 0.25) is 0 Å². The van der Waals surface area contributed by atoms with Gasteiger partial charge in [-0.25, -0.2) is 0 Å². The second-order valence-corrected chi connectivity index (χ2v) is 4.06. The first-order valence-electron chi connectivity index (χ1n) is 5.41. The molecule has 0 aromatic carbocycles. The number of esters is 1. The highest BCUT2D eigenvalue weighted by molar-refractivity contribution is 6.01. The van der Waals surface area contributed by atoms with Crippen LogP contribution in [-0.2, 0) is 9.53 Å². The van der Waals surface area contributed by atoms with Crippen molar-refractivity contribution in [1.29, 1.82) is 0 Å². The number of hydrogen-bond donors (Lipinski definition) is 0. The first-order chi connectivity index (χ1) is 7.04. The fourth-order valence-electron chi connectivity index (χ4n) is 1.88. The zero-order chi connectivity index (χ0) is 11.4. The molecule has 0 fully saturated rings. The van der Waals surface area contributed by atoms with Gasteiger partial charge in [-0.15, -0.1) is 0 Å². The Morgan fingerprint density at radius 2 is 2.20 bits per heavy atom. The number of carbonyl (C=O) groups is 1. The molecule has 0 aromatic rings. The van der Waals surface area contributed by atoms with Gasteiger partial charge in [0.1, 0.15) is 0 Å². The Balaban J connectivity index is 2.57. The third-order valence-corrected chi connectivity index (χ3v) is 2.56. The summed E-state index contributed by atoms with van der Waals surface area (Å²) in [5.74, 6) is -0.144. The van der Waals surface area contributed by atoms with Gasteiger partial charge in [-0.3, -0.25) is 9.79 Å². The Morgan fingerprint density at radius 1 is 1.53 bits per heavy atom. The van der Waals surface area contributed by atoms with Crippen LogP contribution in [0.3, 0.4) is 0 Å². The normalized spacial score (nSPS) is 20.1. The van der Waals surface area contributed by atoms with Crippen molar-refractivity contribution in [2.24, 2.45) is 4.99 Å². The van der Waals surface area contributed by atoms with Crippen LogP contribution in [0.4, 0.5) is 0 Å². The minimum Gasteiger partial charge on any atom is -0.466 e. The quantitative estimate of drug-likeness (QED) is 0.670. The largest absolute Gasteiger partial charge is 0.466 e. The van der Waals surface area contributed by atoms with Crippen LogP contribution in [0.2, 0.25) is 0 Å². The highest BCUT2D eigenvalue weighted by Crippen LogP contribution is 2.24. The summed E-state index contributed by atoms with van der Waals surface area (Å²) in [5, 5.41) is 0. The first-order valence-corrected chi connectivity index (χ1v) is 5.41. The number of rotatable bonds is 3. The lowest BCUT2D eigenvalue weighted by Gasteiger charge is -2.06. The average Bonchev–Trinajstić information content (AvgIpc) is 2.47. The van der Waals surface area contributed by atoms with Gasteiger partial charge in [-0.1, -0.05) is 5.57 Å². The van der Waals surface area contributed by atoms with E-state index < -0.39 is 0 Å². The molecule has 0 spiro atoms. The van der Waals surface area contributed by atoms with E-state index in [0.717, 1.165) is 12.1 Å². The Bertz CT molecular complexity index is 312. The molecule has 0 saturated heterocycles. The van der Waals surface area contributed by atoms with Crippen molar-refractivity contribution in [3.63, 3.8) is 0 Å². The summed E-state index contributed by atoms with van der Waals surface area (Å²) in [6, 6.07) is 0.0916. The first kappa shape index (κ1) is 12.0. The van der Waals surface area contributed by atoms with Gasteiger partial charge in [-0.2, -0.15) is 0 Å². The number of carbonyl (C=O) groups excluding carboxylic acids is 1. The lowest BCUT2D eigenvalue weighted by Crippen LogP contribution is -2.12. The van der Waals surface area contributed by atoms with Gasteiger partial charge in [-0.05, 0) is 39.7 Å². The van der Waals surface area contributed by atoms with Crippen molar-refractivity contribution in [2.45, 2.75) is 46.6 Å². The molecular weight excluding hydrogens is 190 g/mol. The maximum atomic E-state index is 11.3. The molecule has 1 unspecified atom stereocenters. The topological polar surface area (TPSA) is 38.7 Å². The van der Waals surface area contributed by atoms with Crippen molar-refractivity contribution in [2.75, 3.05) is 6.61 Å². The minimum atomic E-state index is -0.144. The van der Waals surface area contributed by atoms with Crippen LogP contribution >= 0.6 is 0 Å². The molecule has 0 saturated carbocycles. The maximum absolute atomic E-state index is 11.3. The van der Waals surface area contributed by atoms with E-state index in [1.165, 1.54) is 11.1 Å². The molecule has 0 N–H and O–H groups in total. The van der Waals surface area contributed by atoms with Crippen LogP contribution in [0.25, 0.3) is 0 Å². The van der Waals surface area contributed by atoms with Crippen LogP contribution in [0.15, 0.2) is 16.1 Å². The highest BCUT2D eigenvalue weighted by Gasteiger charge is 2.23. The van der Waals surface area contributed by atoms with Gasteiger partial charge >= 0.3 is 5.97 Å². The molecule has 1 atom stereocenters. The minimum absolute atomic E-state index is 0.0916. The Hall–Kier alpha value is -1.12. The lowest BCUT2D eigenvalue weighted by molar-refractivity contribution is -0.143. The predicted molar refractivity (Wildman–Crippen MR) is 61.1 cm³/mol. The molecular formula is C12H19NO2. The molecule has 3 nitrogen and oxygen atoms in total. The maximum Gasteiger partial charge on any atom is 0.307 e. The van der Waals surface area contributed by atoms with E-state index >= 15 is 0 Å². The fraction of sp³-hybridized carbons (Fsp3) is 0.667. The molecule has 84 valence electrons. The summed E-state index contributed by atoms with van der Waals surface area (Å²) in [7, 11) is 0. The van der Waals surface area contributed by atoms with Gasteiger partial charge < -0.3 is 4.74 Å². The summed E-state index contributed by atoms with van der Waals surface area (Å²) in [4.78, 5) is 15.7. The Labute approximate surface area is 91.2 Å². The summed E-state index contributed by atoms with van der Waals surface area (Å²) in [5.41, 5.74) is 3.66. The third kappa shape index (κ3) is 3.18. The molecule has 15 heavy (non-hydrogen) atoms. The van der Waals surface area contributed by atoms with Crippen LogP contribution in [0.1, 0.15) is 40.5 Å². The zero-order valence-electron chi connectivity index (χ0n) is 9.96. The van der Waals surface area contributed by atoms with Gasteiger partial charge in [0.15, 0.2) is 0 Å². The number of nitrogens with zero attached hydrogens (tertiary/aromatic N) is 1. The van der Waals surface area contributed by atoms with Crippen molar-refractivity contribution in [3.05, 3.63) is 11.1 Å². The van der Waals surface area contributed by atoms with Crippen molar-refractivity contribution >= 4 is 11.7 Å². The van der Waals surface area contributed by atoms with Gasteiger partial charge in [0, 0.05) is 5.71 Å². The lowest BCUT2D eigenvalue weighted by atomic mass is 10.0. The third-order valence-electron chi connectivity index (χ3n) is 2.56. The summed E-state index contributed by atoms with van der Waals surface area (Å²) < 4.78 is 4.91. The molecule has 1 aliphatic rings. The van der Waals surface area contributed by atoms with E-state index in [0.29, 0.717) is 13.0 Å². The number of aliphatic imine (C=N–C) groups is 1. The second kappa shape index (κ2) is 5.10. The molecule has 3 heteroatoms. The molecule has 0 aliphatic carbocycles. The van der Waals surface area contributed by atoms with Crippen molar-refractivity contribution in [1.82, 2.24) is 0 Å². The van der Waals surface area contributed by atoms with Crippen LogP contribution < -0.4 is 0 Å². The van der Waals surface area contributed by atoms with E-state index in [2.05, 4.69) is 18.8 Å². The number of ether oxygens (including phenoxy) is 1. The predicted octanol–water partition coefficient (Wildman–Crippen LogP) is 2.51. The summed E-state index contributed by atoms with van der Waals surface area (Å²) >= 11 is 0. The van der Waals surface area contributed by atoms with Gasteiger partial charge in [0.25, 0.3) is 0 Å². The van der Waals surface area contributed by atoms with Crippen LogP contribution in [0.5, 0.6) is 0 Å². The summed E-state index contributed by atoms with van der Waals surface area (Å²) in [6.45, 7) is 8.45. The molecule has 0 aromatic heterocycles. The SMILES string of the molecule is CCOC(=O)CC1CC(=C(C)C)C(C)=N1. The van der Waals surface area contributed by atoms with E-state index in [1.807, 2.05) is 13.8 Å². The Kier molecular flexibility index (Phi) is 4.06. The number of hydrogen-bond acceptors (Lipinski definition) is 3. The molecule has 1 heterocycles. The monoisotopic (exact) mass is 209 g/mol. The standard InChI is InChI=1S/C12H19NO2/c1-5-15-12(14)7-10-6-11(8(2)3)9(4)13-10/h10H,5-7H2,1-4H3. The average molecular weight is 209 g/mol. The summed E-state index contributed by atoms with van der Waals surface area (Å²) in [6.07, 6.45) is 1.29. The highest BCUT2D eigenvalue weighted by atomic mass is 16.5. The number of allylic oxidation sites excluding steroid dienone is 1. The Morgan fingerprint density at radius 3 is 2.67 bits per heavy atom. The van der Waals surface area contributed by atoms with Crippen LogP contribution in [0, 0.1) is 0 Å². The van der Waals surface area contributed by atoms with Crippen molar-refractivity contribution in [3.8, 4) is 0 Å². The molecule has 0 radical (unpaired) electrons. The van der Waals surface area contributed by atoms with E-state index in [1.54, 1.807) is 0 Å². The molecule has 1 rings (SSSR count). The second-order valence-electron chi connectivity index (χ2n) is 4.06. The van der Waals surface area contributed by atoms with Gasteiger partial charge in [0.05, 0.1) is 19.1 Å². The van der Waals surface area contributed by atoms with E-state index in [9.17, 15) is 4.79 Å².